The summed E-state index contributed by atoms with van der Waals surface area (Å²) in [7, 11) is 0. The summed E-state index contributed by atoms with van der Waals surface area (Å²) in [6, 6.07) is 1.50. The average molecular weight is 280 g/mol. The third-order valence-electron chi connectivity index (χ3n) is 2.94. The lowest BCUT2D eigenvalue weighted by Crippen LogP contribution is -2.37. The van der Waals surface area contributed by atoms with Crippen LogP contribution in [-0.2, 0) is 6.54 Å². The highest BCUT2D eigenvalue weighted by molar-refractivity contribution is 5.53. The van der Waals surface area contributed by atoms with E-state index >= 15 is 0 Å². The average Bonchev–Trinajstić information content (AvgIpc) is 3.08. The number of hydrogen-bond donors (Lipinski definition) is 1. The highest BCUT2D eigenvalue weighted by atomic mass is 19.4. The van der Waals surface area contributed by atoms with Gasteiger partial charge in [0.1, 0.15) is 23.9 Å². The molecule has 0 saturated heterocycles. The fourth-order valence-corrected chi connectivity index (χ4v) is 1.98. The summed E-state index contributed by atoms with van der Waals surface area (Å²) < 4.78 is 65.1. The lowest BCUT2D eigenvalue weighted by Gasteiger charge is -2.26. The van der Waals surface area contributed by atoms with Gasteiger partial charge in [-0.05, 0) is 30.5 Å². The van der Waals surface area contributed by atoms with Gasteiger partial charge < -0.3 is 10.6 Å². The van der Waals surface area contributed by atoms with Crippen LogP contribution in [0.3, 0.4) is 0 Å². The van der Waals surface area contributed by atoms with Crippen molar-refractivity contribution in [1.29, 1.82) is 0 Å². The van der Waals surface area contributed by atoms with E-state index in [-0.39, 0.29) is 12.1 Å². The molecule has 0 aliphatic heterocycles. The monoisotopic (exact) mass is 280 g/mol. The Kier molecular flexibility index (Phi) is 3.66. The van der Waals surface area contributed by atoms with Crippen molar-refractivity contribution in [2.75, 3.05) is 11.4 Å². The summed E-state index contributed by atoms with van der Waals surface area (Å²) >= 11 is 0. The molecular weight excluding hydrogens is 267 g/mol. The zero-order valence-electron chi connectivity index (χ0n) is 9.97. The molecule has 0 spiro atoms. The molecule has 0 unspecified atom stereocenters. The van der Waals surface area contributed by atoms with Crippen LogP contribution in [0.15, 0.2) is 12.1 Å². The molecule has 0 bridgehead atoms. The molecule has 1 aromatic rings. The van der Waals surface area contributed by atoms with Gasteiger partial charge in [0, 0.05) is 12.6 Å². The molecule has 106 valence electrons. The maximum Gasteiger partial charge on any atom is 0.405 e. The van der Waals surface area contributed by atoms with E-state index < -0.39 is 36.1 Å². The van der Waals surface area contributed by atoms with Gasteiger partial charge in [0.05, 0.1) is 0 Å². The molecule has 1 fully saturated rings. The Morgan fingerprint density at radius 2 is 1.68 bits per heavy atom. The number of rotatable bonds is 4. The van der Waals surface area contributed by atoms with E-state index in [1.807, 2.05) is 0 Å². The number of nitrogens with zero attached hydrogens (tertiary/aromatic N) is 1. The first-order chi connectivity index (χ1) is 8.81. The number of halogens is 5. The minimum absolute atomic E-state index is 0.0726. The van der Waals surface area contributed by atoms with Crippen LogP contribution in [0.5, 0.6) is 0 Å². The minimum Gasteiger partial charge on any atom is -0.355 e. The Balaban J connectivity index is 2.36. The number of nitrogens with two attached hydrogens (primary N) is 1. The van der Waals surface area contributed by atoms with Gasteiger partial charge in [0.2, 0.25) is 0 Å². The van der Waals surface area contributed by atoms with Gasteiger partial charge >= 0.3 is 6.18 Å². The van der Waals surface area contributed by atoms with Crippen LogP contribution in [0.4, 0.5) is 27.6 Å². The van der Waals surface area contributed by atoms with Crippen LogP contribution in [0.1, 0.15) is 18.4 Å². The van der Waals surface area contributed by atoms with Crippen LogP contribution in [0.2, 0.25) is 0 Å². The Labute approximate surface area is 107 Å². The van der Waals surface area contributed by atoms with Gasteiger partial charge in [-0.15, -0.1) is 0 Å². The van der Waals surface area contributed by atoms with Crippen molar-refractivity contribution >= 4 is 5.69 Å². The first kappa shape index (κ1) is 14.0. The quantitative estimate of drug-likeness (QED) is 0.859. The number of alkyl halides is 3. The van der Waals surface area contributed by atoms with Crippen LogP contribution in [-0.4, -0.2) is 18.8 Å². The highest BCUT2D eigenvalue weighted by Crippen LogP contribution is 2.37. The van der Waals surface area contributed by atoms with Gasteiger partial charge in [-0.3, -0.25) is 0 Å². The Morgan fingerprint density at radius 3 is 2.05 bits per heavy atom. The summed E-state index contributed by atoms with van der Waals surface area (Å²) in [4.78, 5) is 0.755. The van der Waals surface area contributed by atoms with Crippen LogP contribution in [0, 0.1) is 11.6 Å². The third-order valence-corrected chi connectivity index (χ3v) is 2.94. The van der Waals surface area contributed by atoms with Gasteiger partial charge in [-0.2, -0.15) is 13.2 Å². The van der Waals surface area contributed by atoms with Crippen LogP contribution < -0.4 is 10.6 Å². The lowest BCUT2D eigenvalue weighted by atomic mass is 10.1. The molecule has 2 nitrogen and oxygen atoms in total. The highest BCUT2D eigenvalue weighted by Gasteiger charge is 2.40. The van der Waals surface area contributed by atoms with Gasteiger partial charge in [-0.1, -0.05) is 0 Å². The normalized spacial score (nSPS) is 15.7. The van der Waals surface area contributed by atoms with E-state index in [0.717, 1.165) is 17.0 Å². The van der Waals surface area contributed by atoms with E-state index in [4.69, 9.17) is 5.73 Å². The lowest BCUT2D eigenvalue weighted by molar-refractivity contribution is -0.120. The van der Waals surface area contributed by atoms with Crippen molar-refractivity contribution in [1.82, 2.24) is 0 Å². The molecule has 1 aliphatic rings. The van der Waals surface area contributed by atoms with E-state index in [9.17, 15) is 22.0 Å². The second-order valence-corrected chi connectivity index (χ2v) is 4.59. The molecule has 0 heterocycles. The van der Waals surface area contributed by atoms with E-state index in [0.29, 0.717) is 12.8 Å². The summed E-state index contributed by atoms with van der Waals surface area (Å²) in [5.41, 5.74) is 4.86. The van der Waals surface area contributed by atoms with E-state index in [2.05, 4.69) is 0 Å². The first-order valence-electron chi connectivity index (χ1n) is 5.83. The second-order valence-electron chi connectivity index (χ2n) is 4.59. The SMILES string of the molecule is NCc1cc(F)c(N(CC(F)(F)F)C2CC2)c(F)c1. The first-order valence-corrected chi connectivity index (χ1v) is 5.83. The molecule has 2 N–H and O–H groups in total. The third kappa shape index (κ3) is 3.34. The molecule has 2 rings (SSSR count). The van der Waals surface area contributed by atoms with Gasteiger partial charge in [0.25, 0.3) is 0 Å². The minimum atomic E-state index is -4.51. The van der Waals surface area contributed by atoms with E-state index in [1.54, 1.807) is 0 Å². The smallest absolute Gasteiger partial charge is 0.355 e. The Bertz CT molecular complexity index is 445. The number of benzene rings is 1. The van der Waals surface area contributed by atoms with Gasteiger partial charge in [-0.25, -0.2) is 8.78 Å². The summed E-state index contributed by atoms with van der Waals surface area (Å²) in [6.07, 6.45) is -3.49. The molecule has 0 amide bonds. The number of anilines is 1. The van der Waals surface area contributed by atoms with E-state index in [1.165, 1.54) is 0 Å². The maximum atomic E-state index is 13.8. The van der Waals surface area contributed by atoms with Crippen molar-refractivity contribution in [2.45, 2.75) is 31.6 Å². The Hall–Kier alpha value is -1.37. The fourth-order valence-electron chi connectivity index (χ4n) is 1.98. The zero-order valence-corrected chi connectivity index (χ0v) is 9.97. The van der Waals surface area contributed by atoms with Crippen LogP contribution in [0.25, 0.3) is 0 Å². The largest absolute Gasteiger partial charge is 0.405 e. The molecule has 1 saturated carbocycles. The molecule has 7 heteroatoms. The summed E-state index contributed by atoms with van der Waals surface area (Å²) in [6.45, 7) is -1.43. The van der Waals surface area contributed by atoms with Crippen molar-refractivity contribution in [3.8, 4) is 0 Å². The second kappa shape index (κ2) is 4.96. The molecule has 1 aliphatic carbocycles. The fraction of sp³-hybridized carbons (Fsp3) is 0.500. The topological polar surface area (TPSA) is 29.3 Å². The van der Waals surface area contributed by atoms with Gasteiger partial charge in [0.15, 0.2) is 0 Å². The predicted molar refractivity (Wildman–Crippen MR) is 60.7 cm³/mol. The molecular formula is C12H13F5N2. The molecule has 0 atom stereocenters. The Morgan fingerprint density at radius 1 is 1.16 bits per heavy atom. The standard InChI is InChI=1S/C12H13F5N2/c13-9-3-7(5-18)4-10(14)11(9)19(8-1-2-8)6-12(15,16)17/h3-4,8H,1-2,5-6,18H2. The maximum absolute atomic E-state index is 13.8. The summed E-state index contributed by atoms with van der Waals surface area (Å²) in [5.74, 6) is -2.01. The molecule has 19 heavy (non-hydrogen) atoms. The number of hydrogen-bond acceptors (Lipinski definition) is 2. The zero-order chi connectivity index (χ0) is 14.2. The van der Waals surface area contributed by atoms with Crippen molar-refractivity contribution in [3.63, 3.8) is 0 Å². The molecule has 0 aromatic heterocycles. The van der Waals surface area contributed by atoms with Crippen molar-refractivity contribution in [2.24, 2.45) is 5.73 Å². The van der Waals surface area contributed by atoms with Crippen molar-refractivity contribution in [3.05, 3.63) is 29.3 Å². The van der Waals surface area contributed by atoms with Crippen LogP contribution >= 0.6 is 0 Å². The molecule has 1 aromatic carbocycles. The predicted octanol–water partition coefficient (Wildman–Crippen LogP) is 2.95. The summed E-state index contributed by atoms with van der Waals surface area (Å²) in [5, 5.41) is 0. The van der Waals surface area contributed by atoms with Crippen molar-refractivity contribution < 1.29 is 22.0 Å². The molecule has 0 radical (unpaired) electrons.